The number of methoxy groups -OCH3 is 1. The van der Waals surface area contributed by atoms with Gasteiger partial charge >= 0.3 is 5.97 Å². The van der Waals surface area contributed by atoms with Crippen LogP contribution in [0.25, 0.3) is 10.8 Å². The molecule has 0 saturated heterocycles. The fourth-order valence-corrected chi connectivity index (χ4v) is 2.02. The monoisotopic (exact) mass is 296 g/mol. The van der Waals surface area contributed by atoms with E-state index in [-0.39, 0.29) is 5.75 Å². The van der Waals surface area contributed by atoms with E-state index in [1.165, 1.54) is 0 Å². The average molecular weight is 296 g/mol. The molecule has 0 unspecified atom stereocenters. The van der Waals surface area contributed by atoms with Gasteiger partial charge in [-0.2, -0.15) is 0 Å². The van der Waals surface area contributed by atoms with Gasteiger partial charge in [0.05, 0.1) is 12.7 Å². The lowest BCUT2D eigenvalue weighted by Crippen LogP contribution is -1.93. The van der Waals surface area contributed by atoms with Crippen LogP contribution < -0.4 is 4.74 Å². The SMILES string of the molecule is COc1cccc2c(O)cccc12.O=C(O)c1ccccc1. The third-order valence-electron chi connectivity index (χ3n) is 3.10. The predicted molar refractivity (Wildman–Crippen MR) is 85.6 cm³/mol. The lowest BCUT2D eigenvalue weighted by molar-refractivity contribution is 0.0697. The Morgan fingerprint density at radius 2 is 1.50 bits per heavy atom. The van der Waals surface area contributed by atoms with E-state index in [0.29, 0.717) is 5.56 Å². The van der Waals surface area contributed by atoms with E-state index in [0.717, 1.165) is 16.5 Å². The van der Waals surface area contributed by atoms with Crippen molar-refractivity contribution in [3.05, 3.63) is 72.3 Å². The highest BCUT2D eigenvalue weighted by Crippen LogP contribution is 2.30. The summed E-state index contributed by atoms with van der Waals surface area (Å²) in [5.74, 6) is 0.195. The Bertz CT molecular complexity index is 766. The van der Waals surface area contributed by atoms with Crippen LogP contribution in [0.3, 0.4) is 0 Å². The molecular formula is C18H16O4. The molecule has 3 aromatic rings. The van der Waals surface area contributed by atoms with E-state index in [1.807, 2.05) is 24.3 Å². The molecule has 22 heavy (non-hydrogen) atoms. The highest BCUT2D eigenvalue weighted by molar-refractivity contribution is 5.92. The second-order valence-electron chi connectivity index (χ2n) is 4.50. The summed E-state index contributed by atoms with van der Waals surface area (Å²) in [6.45, 7) is 0. The fraction of sp³-hybridized carbons (Fsp3) is 0.0556. The molecular weight excluding hydrogens is 280 g/mol. The Balaban J connectivity index is 0.000000172. The summed E-state index contributed by atoms with van der Waals surface area (Å²) in [7, 11) is 1.62. The van der Waals surface area contributed by atoms with E-state index in [1.54, 1.807) is 49.6 Å². The highest BCUT2D eigenvalue weighted by atomic mass is 16.5. The van der Waals surface area contributed by atoms with Crippen LogP contribution in [0.4, 0.5) is 0 Å². The minimum atomic E-state index is -0.879. The molecule has 0 spiro atoms. The normalized spacial score (nSPS) is 9.68. The van der Waals surface area contributed by atoms with Crippen LogP contribution in [0.15, 0.2) is 66.7 Å². The molecule has 0 fully saturated rings. The van der Waals surface area contributed by atoms with Gasteiger partial charge in [-0.15, -0.1) is 0 Å². The summed E-state index contributed by atoms with van der Waals surface area (Å²) in [6, 6.07) is 19.3. The summed E-state index contributed by atoms with van der Waals surface area (Å²) >= 11 is 0. The summed E-state index contributed by atoms with van der Waals surface area (Å²) in [5.41, 5.74) is 0.331. The first kappa shape index (κ1) is 15.4. The van der Waals surface area contributed by atoms with E-state index < -0.39 is 5.97 Å². The number of carbonyl (C=O) groups is 1. The van der Waals surface area contributed by atoms with Crippen LogP contribution >= 0.6 is 0 Å². The number of aromatic hydroxyl groups is 1. The van der Waals surface area contributed by atoms with E-state index in [4.69, 9.17) is 9.84 Å². The number of benzene rings is 3. The topological polar surface area (TPSA) is 66.8 Å². The van der Waals surface area contributed by atoms with Gasteiger partial charge in [-0.25, -0.2) is 4.79 Å². The van der Waals surface area contributed by atoms with Crippen molar-refractivity contribution in [2.24, 2.45) is 0 Å². The van der Waals surface area contributed by atoms with Crippen molar-refractivity contribution >= 4 is 16.7 Å². The van der Waals surface area contributed by atoms with Crippen LogP contribution in [0.1, 0.15) is 10.4 Å². The minimum Gasteiger partial charge on any atom is -0.507 e. The van der Waals surface area contributed by atoms with Crippen LogP contribution in [-0.4, -0.2) is 23.3 Å². The lowest BCUT2D eigenvalue weighted by atomic mass is 10.1. The second-order valence-corrected chi connectivity index (χ2v) is 4.50. The van der Waals surface area contributed by atoms with Gasteiger partial charge in [-0.05, 0) is 24.3 Å². The summed E-state index contributed by atoms with van der Waals surface area (Å²) < 4.78 is 5.17. The molecule has 3 rings (SSSR count). The van der Waals surface area contributed by atoms with E-state index in [9.17, 15) is 9.90 Å². The molecule has 4 heteroatoms. The standard InChI is InChI=1S/C11H10O2.C7H6O2/c1-13-11-7-3-4-8-9(11)5-2-6-10(8)12;8-7(9)6-4-2-1-3-5-6/h2-7,12H,1H3;1-5H,(H,8,9). The average Bonchev–Trinajstić information content (AvgIpc) is 2.56. The highest BCUT2D eigenvalue weighted by Gasteiger charge is 2.02. The van der Waals surface area contributed by atoms with Gasteiger partial charge in [0.1, 0.15) is 11.5 Å². The number of hydrogen-bond acceptors (Lipinski definition) is 3. The minimum absolute atomic E-state index is 0.288. The van der Waals surface area contributed by atoms with Crippen LogP contribution in [0.5, 0.6) is 11.5 Å². The van der Waals surface area contributed by atoms with Gasteiger partial charge in [-0.3, -0.25) is 0 Å². The molecule has 0 aliphatic rings. The first-order valence-corrected chi connectivity index (χ1v) is 6.66. The van der Waals surface area contributed by atoms with Gasteiger partial charge < -0.3 is 14.9 Å². The molecule has 0 amide bonds. The van der Waals surface area contributed by atoms with E-state index >= 15 is 0 Å². The van der Waals surface area contributed by atoms with Gasteiger partial charge in [-0.1, -0.05) is 42.5 Å². The molecule has 3 aromatic carbocycles. The molecule has 0 saturated carbocycles. The van der Waals surface area contributed by atoms with Crippen molar-refractivity contribution in [1.82, 2.24) is 0 Å². The quantitative estimate of drug-likeness (QED) is 0.751. The summed E-state index contributed by atoms with van der Waals surface area (Å²) in [5, 5.41) is 19.7. The first-order valence-electron chi connectivity index (χ1n) is 6.66. The number of hydrogen-bond donors (Lipinski definition) is 2. The van der Waals surface area contributed by atoms with Gasteiger partial charge in [0.15, 0.2) is 0 Å². The zero-order chi connectivity index (χ0) is 15.9. The number of phenols is 1. The van der Waals surface area contributed by atoms with Crippen molar-refractivity contribution in [3.63, 3.8) is 0 Å². The largest absolute Gasteiger partial charge is 0.507 e. The van der Waals surface area contributed by atoms with Crippen molar-refractivity contribution < 1.29 is 19.7 Å². The molecule has 0 aromatic heterocycles. The maximum absolute atomic E-state index is 10.2. The smallest absolute Gasteiger partial charge is 0.335 e. The first-order chi connectivity index (χ1) is 10.6. The fourth-order valence-electron chi connectivity index (χ4n) is 2.02. The number of aromatic carboxylic acids is 1. The molecule has 0 bridgehead atoms. The maximum Gasteiger partial charge on any atom is 0.335 e. The van der Waals surface area contributed by atoms with E-state index in [2.05, 4.69) is 0 Å². The molecule has 0 aliphatic heterocycles. The summed E-state index contributed by atoms with van der Waals surface area (Å²) in [4.78, 5) is 10.2. The zero-order valence-electron chi connectivity index (χ0n) is 12.1. The Labute approximate surface area is 128 Å². The molecule has 0 radical (unpaired) electrons. The summed E-state index contributed by atoms with van der Waals surface area (Å²) in [6.07, 6.45) is 0. The molecule has 4 nitrogen and oxygen atoms in total. The van der Waals surface area contributed by atoms with Crippen LogP contribution in [-0.2, 0) is 0 Å². The second kappa shape index (κ2) is 7.13. The molecule has 112 valence electrons. The number of fused-ring (bicyclic) bond motifs is 1. The number of carboxylic acid groups (broad SMARTS) is 1. The molecule has 0 aliphatic carbocycles. The Morgan fingerprint density at radius 3 is 2.09 bits per heavy atom. The number of phenolic OH excluding ortho intramolecular Hbond substituents is 1. The number of carboxylic acids is 1. The third-order valence-corrected chi connectivity index (χ3v) is 3.10. The Hall–Kier alpha value is -3.01. The van der Waals surface area contributed by atoms with Gasteiger partial charge in [0.2, 0.25) is 0 Å². The third kappa shape index (κ3) is 3.55. The Morgan fingerprint density at radius 1 is 0.864 bits per heavy atom. The molecule has 2 N–H and O–H groups in total. The van der Waals surface area contributed by atoms with Crippen molar-refractivity contribution in [3.8, 4) is 11.5 Å². The number of rotatable bonds is 2. The van der Waals surface area contributed by atoms with Crippen LogP contribution in [0, 0.1) is 0 Å². The number of ether oxygens (including phenoxy) is 1. The molecule has 0 atom stereocenters. The predicted octanol–water partition coefficient (Wildman–Crippen LogP) is 3.94. The van der Waals surface area contributed by atoms with Crippen LogP contribution in [0.2, 0.25) is 0 Å². The lowest BCUT2D eigenvalue weighted by Gasteiger charge is -2.05. The van der Waals surface area contributed by atoms with Gasteiger partial charge in [0, 0.05) is 10.8 Å². The Kier molecular flexibility index (Phi) is 4.98. The zero-order valence-corrected chi connectivity index (χ0v) is 12.1. The van der Waals surface area contributed by atoms with Gasteiger partial charge in [0.25, 0.3) is 0 Å². The van der Waals surface area contributed by atoms with Crippen molar-refractivity contribution in [2.45, 2.75) is 0 Å². The van der Waals surface area contributed by atoms with Crippen molar-refractivity contribution in [1.29, 1.82) is 0 Å². The maximum atomic E-state index is 10.2. The molecule has 0 heterocycles. The van der Waals surface area contributed by atoms with Crippen molar-refractivity contribution in [2.75, 3.05) is 7.11 Å².